The molecule has 0 spiro atoms. The van der Waals surface area contributed by atoms with Crippen LogP contribution in [0.2, 0.25) is 0 Å². The molecule has 2 rings (SSSR count). The predicted octanol–water partition coefficient (Wildman–Crippen LogP) is 1.62. The van der Waals surface area contributed by atoms with E-state index in [1.807, 2.05) is 0 Å². The van der Waals surface area contributed by atoms with Gasteiger partial charge >= 0.3 is 5.97 Å². The van der Waals surface area contributed by atoms with Crippen molar-refractivity contribution in [3.63, 3.8) is 0 Å². The lowest BCUT2D eigenvalue weighted by Crippen LogP contribution is -2.21. The Morgan fingerprint density at radius 3 is 2.95 bits per heavy atom. The number of nitro benzene ring substituents is 1. The number of carbonyl (C=O) groups excluding carboxylic acids is 1. The summed E-state index contributed by atoms with van der Waals surface area (Å²) in [5.41, 5.74) is 5.25. The number of esters is 1. The fraction of sp³-hybridized carbons (Fsp3) is 0.231. The van der Waals surface area contributed by atoms with Crippen LogP contribution >= 0.6 is 0 Å². The van der Waals surface area contributed by atoms with Gasteiger partial charge in [-0.3, -0.25) is 14.8 Å². The van der Waals surface area contributed by atoms with E-state index in [0.29, 0.717) is 6.54 Å². The Labute approximate surface area is 120 Å². The first-order valence-electron chi connectivity index (χ1n) is 6.19. The number of nitro groups is 1. The van der Waals surface area contributed by atoms with Crippen LogP contribution < -0.4 is 5.73 Å². The minimum absolute atomic E-state index is 0.00106. The van der Waals surface area contributed by atoms with Crippen molar-refractivity contribution in [1.82, 2.24) is 9.78 Å². The zero-order chi connectivity index (χ0) is 15.4. The third-order valence-corrected chi connectivity index (χ3v) is 2.77. The highest BCUT2D eigenvalue weighted by Gasteiger charge is 2.18. The number of benzene rings is 1. The second kappa shape index (κ2) is 6.04. The van der Waals surface area contributed by atoms with Crippen LogP contribution in [0.3, 0.4) is 0 Å². The highest BCUT2D eigenvalue weighted by Crippen LogP contribution is 2.22. The number of hydrogen-bond acceptors (Lipinski definition) is 6. The van der Waals surface area contributed by atoms with Gasteiger partial charge < -0.3 is 10.5 Å². The van der Waals surface area contributed by atoms with E-state index in [-0.39, 0.29) is 16.9 Å². The zero-order valence-electron chi connectivity index (χ0n) is 11.3. The molecule has 1 aromatic carbocycles. The van der Waals surface area contributed by atoms with Gasteiger partial charge in [-0.1, -0.05) is 0 Å². The van der Waals surface area contributed by atoms with Crippen LogP contribution in [0.5, 0.6) is 0 Å². The standard InChI is InChI=1S/C13H14N4O4/c1-9(8-16-6-2-5-15-16)21-13(18)10-3-4-11(14)12(7-10)17(19)20/h2-7,9H,8,14H2,1H3/t9-/m1/s1. The number of rotatable bonds is 5. The van der Waals surface area contributed by atoms with Crippen LogP contribution in [0.25, 0.3) is 0 Å². The normalized spacial score (nSPS) is 11.9. The minimum Gasteiger partial charge on any atom is -0.457 e. The van der Waals surface area contributed by atoms with Crippen molar-refractivity contribution >= 4 is 17.3 Å². The van der Waals surface area contributed by atoms with Crippen LogP contribution in [0, 0.1) is 10.1 Å². The molecule has 2 N–H and O–H groups in total. The molecule has 0 aliphatic heterocycles. The molecule has 0 bridgehead atoms. The van der Waals surface area contributed by atoms with Crippen LogP contribution in [-0.4, -0.2) is 26.8 Å². The largest absolute Gasteiger partial charge is 0.457 e. The second-order valence-electron chi connectivity index (χ2n) is 4.47. The molecule has 0 unspecified atom stereocenters. The van der Waals surface area contributed by atoms with Gasteiger partial charge in [0.15, 0.2) is 0 Å². The van der Waals surface area contributed by atoms with E-state index in [9.17, 15) is 14.9 Å². The van der Waals surface area contributed by atoms with Gasteiger partial charge in [0.05, 0.1) is 17.0 Å². The molecule has 1 atom stereocenters. The third kappa shape index (κ3) is 3.56. The Bertz CT molecular complexity index is 654. The SMILES string of the molecule is C[C@H](Cn1cccn1)OC(=O)c1ccc(N)c([N+](=O)[O-])c1. The van der Waals surface area contributed by atoms with Gasteiger partial charge in [-0.15, -0.1) is 0 Å². The maximum absolute atomic E-state index is 12.0. The van der Waals surface area contributed by atoms with E-state index in [2.05, 4.69) is 5.10 Å². The molecule has 0 amide bonds. The van der Waals surface area contributed by atoms with Gasteiger partial charge in [0, 0.05) is 18.5 Å². The molecule has 1 heterocycles. The number of ether oxygens (including phenoxy) is 1. The fourth-order valence-corrected chi connectivity index (χ4v) is 1.79. The van der Waals surface area contributed by atoms with Crippen molar-refractivity contribution in [3.05, 3.63) is 52.3 Å². The van der Waals surface area contributed by atoms with E-state index < -0.39 is 17.0 Å². The maximum Gasteiger partial charge on any atom is 0.338 e. The summed E-state index contributed by atoms with van der Waals surface area (Å²) in [6, 6.07) is 5.58. The summed E-state index contributed by atoms with van der Waals surface area (Å²) in [6.45, 7) is 2.11. The lowest BCUT2D eigenvalue weighted by atomic mass is 10.2. The summed E-state index contributed by atoms with van der Waals surface area (Å²) in [4.78, 5) is 22.1. The molecule has 0 radical (unpaired) electrons. The maximum atomic E-state index is 12.0. The summed E-state index contributed by atoms with van der Waals surface area (Å²) in [5, 5.41) is 14.8. The Kier molecular flexibility index (Phi) is 4.17. The first kappa shape index (κ1) is 14.5. The second-order valence-corrected chi connectivity index (χ2v) is 4.47. The Balaban J connectivity index is 2.06. The summed E-state index contributed by atoms with van der Waals surface area (Å²) in [5.74, 6) is -0.641. The number of aromatic nitrogens is 2. The van der Waals surface area contributed by atoms with Gasteiger partial charge in [0.25, 0.3) is 5.69 Å². The average molecular weight is 290 g/mol. The molecule has 1 aromatic heterocycles. The molecule has 0 fully saturated rings. The Morgan fingerprint density at radius 2 is 2.33 bits per heavy atom. The van der Waals surface area contributed by atoms with Crippen molar-refractivity contribution < 1.29 is 14.5 Å². The minimum atomic E-state index is -0.641. The fourth-order valence-electron chi connectivity index (χ4n) is 1.79. The number of nitrogen functional groups attached to an aromatic ring is 1. The van der Waals surface area contributed by atoms with Crippen molar-refractivity contribution in [1.29, 1.82) is 0 Å². The highest BCUT2D eigenvalue weighted by atomic mass is 16.6. The molecule has 8 nitrogen and oxygen atoms in total. The molecule has 0 aliphatic rings. The number of carbonyl (C=O) groups is 1. The molecule has 110 valence electrons. The van der Waals surface area contributed by atoms with Crippen molar-refractivity contribution in [2.45, 2.75) is 19.6 Å². The van der Waals surface area contributed by atoms with Crippen molar-refractivity contribution in [3.8, 4) is 0 Å². The summed E-state index contributed by atoms with van der Waals surface area (Å²) >= 11 is 0. The molecule has 2 aromatic rings. The van der Waals surface area contributed by atoms with E-state index in [4.69, 9.17) is 10.5 Å². The first-order valence-corrected chi connectivity index (χ1v) is 6.19. The summed E-state index contributed by atoms with van der Waals surface area (Å²) in [6.07, 6.45) is 2.95. The Morgan fingerprint density at radius 1 is 1.57 bits per heavy atom. The van der Waals surface area contributed by atoms with Gasteiger partial charge in [0.1, 0.15) is 11.8 Å². The molecular formula is C13H14N4O4. The zero-order valence-corrected chi connectivity index (χ0v) is 11.3. The van der Waals surface area contributed by atoms with E-state index in [0.717, 1.165) is 6.07 Å². The summed E-state index contributed by atoms with van der Waals surface area (Å²) in [7, 11) is 0. The molecule has 21 heavy (non-hydrogen) atoms. The topological polar surface area (TPSA) is 113 Å². The molecule has 0 saturated heterocycles. The third-order valence-electron chi connectivity index (χ3n) is 2.77. The van der Waals surface area contributed by atoms with Crippen LogP contribution in [0.1, 0.15) is 17.3 Å². The van der Waals surface area contributed by atoms with E-state index in [1.54, 1.807) is 30.1 Å². The van der Waals surface area contributed by atoms with Gasteiger partial charge in [-0.05, 0) is 25.1 Å². The predicted molar refractivity (Wildman–Crippen MR) is 74.6 cm³/mol. The lowest BCUT2D eigenvalue weighted by molar-refractivity contribution is -0.383. The van der Waals surface area contributed by atoms with E-state index in [1.165, 1.54) is 12.1 Å². The van der Waals surface area contributed by atoms with Crippen molar-refractivity contribution in [2.75, 3.05) is 5.73 Å². The number of nitrogens with zero attached hydrogens (tertiary/aromatic N) is 3. The molecule has 0 saturated carbocycles. The summed E-state index contributed by atoms with van der Waals surface area (Å²) < 4.78 is 6.85. The number of anilines is 1. The Hall–Kier alpha value is -2.90. The van der Waals surface area contributed by atoms with Crippen LogP contribution in [0.15, 0.2) is 36.7 Å². The van der Waals surface area contributed by atoms with Gasteiger partial charge in [0.2, 0.25) is 0 Å². The quantitative estimate of drug-likeness (QED) is 0.387. The van der Waals surface area contributed by atoms with Gasteiger partial charge in [-0.2, -0.15) is 5.10 Å². The average Bonchev–Trinajstić information content (AvgIpc) is 2.91. The lowest BCUT2D eigenvalue weighted by Gasteiger charge is -2.13. The van der Waals surface area contributed by atoms with Crippen molar-refractivity contribution in [2.24, 2.45) is 0 Å². The number of hydrogen-bond donors (Lipinski definition) is 1. The number of nitrogens with two attached hydrogens (primary N) is 1. The molecule has 0 aliphatic carbocycles. The van der Waals surface area contributed by atoms with Crippen LogP contribution in [-0.2, 0) is 11.3 Å². The van der Waals surface area contributed by atoms with E-state index >= 15 is 0 Å². The van der Waals surface area contributed by atoms with Gasteiger partial charge in [-0.25, -0.2) is 4.79 Å². The first-order chi connectivity index (χ1) is 9.97. The van der Waals surface area contributed by atoms with Crippen LogP contribution in [0.4, 0.5) is 11.4 Å². The molecular weight excluding hydrogens is 276 g/mol. The molecule has 8 heteroatoms. The smallest absolute Gasteiger partial charge is 0.338 e. The monoisotopic (exact) mass is 290 g/mol. The highest BCUT2D eigenvalue weighted by molar-refractivity contribution is 5.91.